The largest absolute Gasteiger partial charge is 0.351 e. The van der Waals surface area contributed by atoms with Gasteiger partial charge in [0, 0.05) is 51.8 Å². The van der Waals surface area contributed by atoms with Crippen LogP contribution in [-0.4, -0.2) is 61.4 Å². The lowest BCUT2D eigenvalue weighted by molar-refractivity contribution is 0.0746. The Morgan fingerprint density at radius 1 is 1.13 bits per heavy atom. The predicted octanol–water partition coefficient (Wildman–Crippen LogP) is 0.425. The van der Waals surface area contributed by atoms with Crippen LogP contribution < -0.4 is 4.90 Å². The molecule has 0 bridgehead atoms. The number of fused-ring (bicyclic) bond motifs is 1. The quantitative estimate of drug-likeness (QED) is 0.686. The van der Waals surface area contributed by atoms with Crippen molar-refractivity contribution in [1.29, 1.82) is 0 Å². The highest BCUT2D eigenvalue weighted by Gasteiger charge is 2.24. The van der Waals surface area contributed by atoms with E-state index < -0.39 is 0 Å². The zero-order valence-corrected chi connectivity index (χ0v) is 12.8. The molecule has 23 heavy (non-hydrogen) atoms. The Morgan fingerprint density at radius 2 is 1.96 bits per heavy atom. The number of carbonyl (C=O) groups is 1. The van der Waals surface area contributed by atoms with Crippen LogP contribution in [0.3, 0.4) is 0 Å². The van der Waals surface area contributed by atoms with Crippen LogP contribution in [-0.2, 0) is 7.05 Å². The molecule has 4 heterocycles. The average Bonchev–Trinajstić information content (AvgIpc) is 3.22. The van der Waals surface area contributed by atoms with Crippen molar-refractivity contribution in [2.75, 3.05) is 31.1 Å². The molecule has 4 rings (SSSR count). The number of hydrogen-bond donors (Lipinski definition) is 0. The molecule has 1 aliphatic heterocycles. The van der Waals surface area contributed by atoms with Crippen molar-refractivity contribution in [3.63, 3.8) is 0 Å². The predicted molar refractivity (Wildman–Crippen MR) is 84.3 cm³/mol. The van der Waals surface area contributed by atoms with Crippen LogP contribution in [0.4, 0.5) is 5.82 Å². The Balaban J connectivity index is 1.49. The van der Waals surface area contributed by atoms with Gasteiger partial charge in [0.2, 0.25) is 0 Å². The first-order valence-electron chi connectivity index (χ1n) is 7.53. The minimum absolute atomic E-state index is 0.0354. The molecule has 118 valence electrons. The zero-order chi connectivity index (χ0) is 15.8. The standard InChI is InChI=1S/C15H17N7O/c1-19-11-12(10-18-19)15(23)21-8-6-20(7-9-21)14-13-2-3-17-22(13)5-4-16-14/h2-5,10-11H,6-9H2,1H3. The molecule has 8 heteroatoms. The van der Waals surface area contributed by atoms with Gasteiger partial charge < -0.3 is 9.80 Å². The van der Waals surface area contributed by atoms with E-state index in [1.807, 2.05) is 28.7 Å². The van der Waals surface area contributed by atoms with Crippen LogP contribution in [0.1, 0.15) is 10.4 Å². The van der Waals surface area contributed by atoms with E-state index in [1.54, 1.807) is 29.5 Å². The highest BCUT2D eigenvalue weighted by Crippen LogP contribution is 2.20. The fourth-order valence-corrected chi connectivity index (χ4v) is 2.92. The van der Waals surface area contributed by atoms with E-state index in [9.17, 15) is 4.79 Å². The molecule has 0 spiro atoms. The van der Waals surface area contributed by atoms with Crippen LogP contribution in [0.15, 0.2) is 37.1 Å². The molecule has 0 atom stereocenters. The Hall–Kier alpha value is -2.90. The molecule has 1 amide bonds. The lowest BCUT2D eigenvalue weighted by atomic mass is 10.2. The zero-order valence-electron chi connectivity index (χ0n) is 12.8. The van der Waals surface area contributed by atoms with Gasteiger partial charge in [-0.3, -0.25) is 9.48 Å². The highest BCUT2D eigenvalue weighted by atomic mass is 16.2. The number of hydrogen-bond acceptors (Lipinski definition) is 5. The van der Waals surface area contributed by atoms with Crippen molar-refractivity contribution >= 4 is 17.2 Å². The van der Waals surface area contributed by atoms with Gasteiger partial charge in [0.05, 0.1) is 18.0 Å². The minimum atomic E-state index is 0.0354. The number of carbonyl (C=O) groups excluding carboxylic acids is 1. The van der Waals surface area contributed by atoms with E-state index in [4.69, 9.17) is 0 Å². The second-order valence-corrected chi connectivity index (χ2v) is 5.59. The summed E-state index contributed by atoms with van der Waals surface area (Å²) in [6, 6.07) is 1.95. The molecule has 1 fully saturated rings. The van der Waals surface area contributed by atoms with E-state index >= 15 is 0 Å². The highest BCUT2D eigenvalue weighted by molar-refractivity contribution is 5.93. The van der Waals surface area contributed by atoms with E-state index in [0.29, 0.717) is 18.7 Å². The molecule has 0 N–H and O–H groups in total. The number of nitrogens with zero attached hydrogens (tertiary/aromatic N) is 7. The number of piperazine rings is 1. The molecule has 0 aliphatic carbocycles. The van der Waals surface area contributed by atoms with Gasteiger partial charge in [0.25, 0.3) is 5.91 Å². The molecule has 0 aromatic carbocycles. The van der Waals surface area contributed by atoms with Gasteiger partial charge in [-0.1, -0.05) is 0 Å². The third-order valence-electron chi connectivity index (χ3n) is 4.12. The summed E-state index contributed by atoms with van der Waals surface area (Å²) in [6.45, 7) is 2.85. The van der Waals surface area contributed by atoms with Gasteiger partial charge in [-0.25, -0.2) is 9.50 Å². The van der Waals surface area contributed by atoms with E-state index in [-0.39, 0.29) is 5.91 Å². The summed E-state index contributed by atoms with van der Waals surface area (Å²) in [5.74, 6) is 0.951. The second-order valence-electron chi connectivity index (χ2n) is 5.59. The lowest BCUT2D eigenvalue weighted by Gasteiger charge is -2.35. The van der Waals surface area contributed by atoms with Crippen LogP contribution in [0.5, 0.6) is 0 Å². The Kier molecular flexibility index (Phi) is 3.22. The van der Waals surface area contributed by atoms with Crippen LogP contribution in [0.2, 0.25) is 0 Å². The van der Waals surface area contributed by atoms with Gasteiger partial charge in [0.15, 0.2) is 5.82 Å². The Bertz CT molecular complexity index is 844. The molecule has 1 saturated heterocycles. The number of anilines is 1. The molecule has 0 saturated carbocycles. The SMILES string of the molecule is Cn1cc(C(=O)N2CCN(c3nccn4nccc34)CC2)cn1. The van der Waals surface area contributed by atoms with Crippen molar-refractivity contribution in [2.45, 2.75) is 0 Å². The van der Waals surface area contributed by atoms with Crippen molar-refractivity contribution in [2.24, 2.45) is 7.05 Å². The fraction of sp³-hybridized carbons (Fsp3) is 0.333. The number of rotatable bonds is 2. The average molecular weight is 311 g/mol. The lowest BCUT2D eigenvalue weighted by Crippen LogP contribution is -2.49. The van der Waals surface area contributed by atoms with E-state index in [0.717, 1.165) is 24.4 Å². The summed E-state index contributed by atoms with van der Waals surface area (Å²) in [4.78, 5) is 21.0. The third-order valence-corrected chi connectivity index (χ3v) is 4.12. The number of aromatic nitrogens is 5. The molecule has 0 unspecified atom stereocenters. The summed E-state index contributed by atoms with van der Waals surface area (Å²) in [5, 5.41) is 8.30. The van der Waals surface area contributed by atoms with Crippen LogP contribution >= 0.6 is 0 Å². The first-order chi connectivity index (χ1) is 11.2. The third kappa shape index (κ3) is 2.41. The van der Waals surface area contributed by atoms with Gasteiger partial charge in [0.1, 0.15) is 5.52 Å². The summed E-state index contributed by atoms with van der Waals surface area (Å²) in [5.41, 5.74) is 1.62. The molecule has 3 aromatic rings. The van der Waals surface area contributed by atoms with Crippen LogP contribution in [0.25, 0.3) is 5.52 Å². The first kappa shape index (κ1) is 13.7. The Labute approximate surface area is 132 Å². The summed E-state index contributed by atoms with van der Waals surface area (Å²) >= 11 is 0. The normalized spacial score (nSPS) is 15.3. The second kappa shape index (κ2) is 5.38. The molecule has 0 radical (unpaired) electrons. The maximum atomic E-state index is 12.5. The van der Waals surface area contributed by atoms with Crippen molar-refractivity contribution in [1.82, 2.24) is 29.3 Å². The molecule has 1 aliphatic rings. The van der Waals surface area contributed by atoms with Gasteiger partial charge >= 0.3 is 0 Å². The molecule has 3 aromatic heterocycles. The smallest absolute Gasteiger partial charge is 0.257 e. The maximum Gasteiger partial charge on any atom is 0.257 e. The number of amides is 1. The van der Waals surface area contributed by atoms with Crippen LogP contribution in [0, 0.1) is 0 Å². The summed E-state index contributed by atoms with van der Waals surface area (Å²) in [7, 11) is 1.81. The fourth-order valence-electron chi connectivity index (χ4n) is 2.92. The van der Waals surface area contributed by atoms with Gasteiger partial charge in [-0.2, -0.15) is 10.2 Å². The topological polar surface area (TPSA) is 71.6 Å². The van der Waals surface area contributed by atoms with E-state index in [2.05, 4.69) is 20.1 Å². The first-order valence-corrected chi connectivity index (χ1v) is 7.53. The summed E-state index contributed by atoms with van der Waals surface area (Å²) in [6.07, 6.45) is 8.72. The monoisotopic (exact) mass is 311 g/mol. The minimum Gasteiger partial charge on any atom is -0.351 e. The van der Waals surface area contributed by atoms with Gasteiger partial charge in [-0.15, -0.1) is 0 Å². The molecule has 8 nitrogen and oxygen atoms in total. The van der Waals surface area contributed by atoms with Crippen molar-refractivity contribution < 1.29 is 4.79 Å². The Morgan fingerprint density at radius 3 is 2.70 bits per heavy atom. The number of aryl methyl sites for hydroxylation is 1. The van der Waals surface area contributed by atoms with Crippen molar-refractivity contribution in [3.05, 3.63) is 42.6 Å². The van der Waals surface area contributed by atoms with Crippen molar-refractivity contribution in [3.8, 4) is 0 Å². The molecular formula is C15H17N7O. The molecular weight excluding hydrogens is 294 g/mol. The van der Waals surface area contributed by atoms with E-state index in [1.165, 1.54) is 0 Å². The maximum absolute atomic E-state index is 12.5. The van der Waals surface area contributed by atoms with Gasteiger partial charge in [-0.05, 0) is 6.07 Å². The summed E-state index contributed by atoms with van der Waals surface area (Å²) < 4.78 is 3.46.